The molecule has 1 atom stereocenters. The van der Waals surface area contributed by atoms with E-state index in [9.17, 15) is 0 Å². The smallest absolute Gasteiger partial charge is 0.0578 e. The van der Waals surface area contributed by atoms with Crippen LogP contribution in [0.25, 0.3) is 0 Å². The Bertz CT molecular complexity index is 349. The third-order valence-corrected chi connectivity index (χ3v) is 3.69. The van der Waals surface area contributed by atoms with Gasteiger partial charge in [0, 0.05) is 6.20 Å². The van der Waals surface area contributed by atoms with Crippen LogP contribution < -0.4 is 0 Å². The van der Waals surface area contributed by atoms with Crippen molar-refractivity contribution in [3.8, 4) is 0 Å². The molecule has 0 radical (unpaired) electrons. The van der Waals surface area contributed by atoms with Gasteiger partial charge in [-0.3, -0.25) is 9.88 Å². The average Bonchev–Trinajstić information content (AvgIpc) is 2.37. The minimum atomic E-state index is 0.565. The number of hydrogen-bond acceptors (Lipinski definition) is 2. The van der Waals surface area contributed by atoms with Crippen molar-refractivity contribution in [3.05, 3.63) is 29.6 Å². The van der Waals surface area contributed by atoms with Gasteiger partial charge in [0.1, 0.15) is 0 Å². The van der Waals surface area contributed by atoms with E-state index in [0.29, 0.717) is 6.04 Å². The Balaban J connectivity index is 2.10. The fraction of sp³-hybridized carbons (Fsp3) is 0.667. The largest absolute Gasteiger partial charge is 0.295 e. The average molecular weight is 232 g/mol. The molecule has 0 saturated carbocycles. The van der Waals surface area contributed by atoms with E-state index in [0.717, 1.165) is 0 Å². The van der Waals surface area contributed by atoms with E-state index in [2.05, 4.69) is 35.9 Å². The molecule has 0 bridgehead atoms. The van der Waals surface area contributed by atoms with Gasteiger partial charge in [-0.1, -0.05) is 19.8 Å². The molecule has 2 heterocycles. The van der Waals surface area contributed by atoms with Crippen LogP contribution in [0.4, 0.5) is 0 Å². The molecule has 0 amide bonds. The Morgan fingerprint density at radius 1 is 1.41 bits per heavy atom. The molecular formula is C15H24N2. The normalized spacial score (nSPS) is 21.6. The van der Waals surface area contributed by atoms with Gasteiger partial charge in [-0.15, -0.1) is 0 Å². The van der Waals surface area contributed by atoms with Crippen molar-refractivity contribution in [1.29, 1.82) is 0 Å². The van der Waals surface area contributed by atoms with Gasteiger partial charge in [-0.25, -0.2) is 0 Å². The molecule has 1 aliphatic heterocycles. The maximum absolute atomic E-state index is 4.58. The van der Waals surface area contributed by atoms with Crippen LogP contribution in [-0.4, -0.2) is 23.0 Å². The Kier molecular flexibility index (Phi) is 4.55. The Hall–Kier alpha value is -0.890. The first kappa shape index (κ1) is 12.6. The lowest BCUT2D eigenvalue weighted by Crippen LogP contribution is -2.34. The lowest BCUT2D eigenvalue weighted by atomic mass is 9.98. The first-order valence-electron chi connectivity index (χ1n) is 6.98. The minimum absolute atomic E-state index is 0.565. The summed E-state index contributed by atoms with van der Waals surface area (Å²) in [4.78, 5) is 7.21. The summed E-state index contributed by atoms with van der Waals surface area (Å²) in [7, 11) is 0. The van der Waals surface area contributed by atoms with Crippen LogP contribution in [0.15, 0.2) is 18.3 Å². The second kappa shape index (κ2) is 6.15. The highest BCUT2D eigenvalue weighted by Gasteiger charge is 2.24. The summed E-state index contributed by atoms with van der Waals surface area (Å²) >= 11 is 0. The van der Waals surface area contributed by atoms with Crippen LogP contribution in [0.3, 0.4) is 0 Å². The molecule has 0 spiro atoms. The molecule has 1 aromatic heterocycles. The Morgan fingerprint density at radius 2 is 2.29 bits per heavy atom. The van der Waals surface area contributed by atoms with Gasteiger partial charge in [0.2, 0.25) is 0 Å². The molecule has 2 nitrogen and oxygen atoms in total. The van der Waals surface area contributed by atoms with Gasteiger partial charge in [-0.2, -0.15) is 0 Å². The van der Waals surface area contributed by atoms with E-state index in [-0.39, 0.29) is 0 Å². The summed E-state index contributed by atoms with van der Waals surface area (Å²) in [5.74, 6) is 0. The van der Waals surface area contributed by atoms with Crippen LogP contribution in [0.5, 0.6) is 0 Å². The van der Waals surface area contributed by atoms with Gasteiger partial charge in [0.25, 0.3) is 0 Å². The number of hydrogen-bond donors (Lipinski definition) is 0. The molecule has 0 aliphatic carbocycles. The van der Waals surface area contributed by atoms with Crippen molar-refractivity contribution in [2.24, 2.45) is 0 Å². The molecule has 1 aromatic rings. The Morgan fingerprint density at radius 3 is 3.06 bits per heavy atom. The van der Waals surface area contributed by atoms with E-state index >= 15 is 0 Å². The number of likely N-dealkylation sites (tertiary alicyclic amines) is 1. The van der Waals surface area contributed by atoms with E-state index < -0.39 is 0 Å². The van der Waals surface area contributed by atoms with Gasteiger partial charge >= 0.3 is 0 Å². The molecule has 94 valence electrons. The van der Waals surface area contributed by atoms with Crippen LogP contribution in [0.1, 0.15) is 56.3 Å². The van der Waals surface area contributed by atoms with Gasteiger partial charge < -0.3 is 0 Å². The van der Waals surface area contributed by atoms with Gasteiger partial charge in [-0.05, 0) is 57.0 Å². The third kappa shape index (κ3) is 3.29. The molecular weight excluding hydrogens is 208 g/mol. The number of pyridine rings is 1. The predicted octanol–water partition coefficient (Wildman–Crippen LogP) is 3.72. The van der Waals surface area contributed by atoms with Gasteiger partial charge in [0.05, 0.1) is 11.7 Å². The van der Waals surface area contributed by atoms with Gasteiger partial charge in [0.15, 0.2) is 0 Å². The maximum Gasteiger partial charge on any atom is 0.0578 e. The van der Waals surface area contributed by atoms with Crippen LogP contribution in [-0.2, 0) is 0 Å². The molecule has 1 saturated heterocycles. The molecule has 0 N–H and O–H groups in total. The third-order valence-electron chi connectivity index (χ3n) is 3.69. The summed E-state index contributed by atoms with van der Waals surface area (Å²) in [5, 5.41) is 0. The summed E-state index contributed by atoms with van der Waals surface area (Å²) in [6, 6.07) is 4.91. The monoisotopic (exact) mass is 232 g/mol. The quantitative estimate of drug-likeness (QED) is 0.786. The molecule has 2 rings (SSSR count). The summed E-state index contributed by atoms with van der Waals surface area (Å²) in [6.45, 7) is 6.91. The van der Waals surface area contributed by atoms with Crippen LogP contribution in [0, 0.1) is 6.92 Å². The van der Waals surface area contributed by atoms with E-state index in [1.807, 2.05) is 6.20 Å². The number of aromatic nitrogens is 1. The number of unbranched alkanes of at least 4 members (excludes halogenated alkanes) is 1. The minimum Gasteiger partial charge on any atom is -0.295 e. The van der Waals surface area contributed by atoms with Crippen molar-refractivity contribution >= 4 is 0 Å². The maximum atomic E-state index is 4.58. The SMILES string of the molecule is CCCCN1CCCC[C@@H]1c1cc(C)ccn1. The number of piperidine rings is 1. The zero-order chi connectivity index (χ0) is 12.1. The predicted molar refractivity (Wildman–Crippen MR) is 72.0 cm³/mol. The molecule has 0 aromatic carbocycles. The lowest BCUT2D eigenvalue weighted by molar-refractivity contribution is 0.143. The number of aryl methyl sites for hydroxylation is 1. The topological polar surface area (TPSA) is 16.1 Å². The van der Waals surface area contributed by atoms with Crippen LogP contribution in [0.2, 0.25) is 0 Å². The van der Waals surface area contributed by atoms with Crippen molar-refractivity contribution in [2.75, 3.05) is 13.1 Å². The standard InChI is InChI=1S/C15H24N2/c1-3-4-10-17-11-6-5-7-15(17)14-12-13(2)8-9-16-14/h8-9,12,15H,3-7,10-11H2,1-2H3/t15-/m1/s1. The highest BCUT2D eigenvalue weighted by Crippen LogP contribution is 2.30. The fourth-order valence-corrected chi connectivity index (χ4v) is 2.70. The summed E-state index contributed by atoms with van der Waals surface area (Å²) in [5.41, 5.74) is 2.61. The molecule has 1 aliphatic rings. The molecule has 2 heteroatoms. The zero-order valence-corrected chi connectivity index (χ0v) is 11.2. The first-order chi connectivity index (χ1) is 8.31. The van der Waals surface area contributed by atoms with Crippen molar-refractivity contribution in [1.82, 2.24) is 9.88 Å². The molecule has 17 heavy (non-hydrogen) atoms. The van der Waals surface area contributed by atoms with Crippen molar-refractivity contribution in [3.63, 3.8) is 0 Å². The number of rotatable bonds is 4. The molecule has 0 unspecified atom stereocenters. The zero-order valence-electron chi connectivity index (χ0n) is 11.2. The highest BCUT2D eigenvalue weighted by molar-refractivity contribution is 5.17. The van der Waals surface area contributed by atoms with Crippen molar-refractivity contribution < 1.29 is 0 Å². The van der Waals surface area contributed by atoms with E-state index in [1.54, 1.807) is 0 Å². The summed E-state index contributed by atoms with van der Waals surface area (Å²) < 4.78 is 0. The Labute approximate surface area is 105 Å². The molecule has 1 fully saturated rings. The first-order valence-corrected chi connectivity index (χ1v) is 6.98. The second-order valence-electron chi connectivity index (χ2n) is 5.16. The fourth-order valence-electron chi connectivity index (χ4n) is 2.70. The number of nitrogens with zero attached hydrogens (tertiary/aromatic N) is 2. The van der Waals surface area contributed by atoms with E-state index in [1.165, 1.54) is 56.5 Å². The van der Waals surface area contributed by atoms with E-state index in [4.69, 9.17) is 0 Å². The van der Waals surface area contributed by atoms with Crippen molar-refractivity contribution in [2.45, 2.75) is 52.0 Å². The lowest BCUT2D eigenvalue weighted by Gasteiger charge is -2.35. The second-order valence-corrected chi connectivity index (χ2v) is 5.16. The highest BCUT2D eigenvalue weighted by atomic mass is 15.2. The summed E-state index contributed by atoms with van der Waals surface area (Å²) in [6.07, 6.45) is 8.53. The van der Waals surface area contributed by atoms with Crippen LogP contribution >= 0.6 is 0 Å².